The molecule has 0 bridgehead atoms. The molecule has 1 saturated carbocycles. The highest BCUT2D eigenvalue weighted by Crippen LogP contribution is 2.41. The first-order valence-electron chi connectivity index (χ1n) is 9.69. The van der Waals surface area contributed by atoms with E-state index in [1.165, 1.54) is 11.0 Å². The summed E-state index contributed by atoms with van der Waals surface area (Å²) in [6.07, 6.45) is -0.595. The van der Waals surface area contributed by atoms with Crippen LogP contribution in [0.15, 0.2) is 42.9 Å². The van der Waals surface area contributed by atoms with Crippen molar-refractivity contribution in [3.63, 3.8) is 0 Å². The largest absolute Gasteiger partial charge is 0.433 e. The average molecular weight is 462 g/mol. The highest BCUT2D eigenvalue weighted by atomic mass is 35.5. The molecule has 0 aliphatic heterocycles. The van der Waals surface area contributed by atoms with Crippen LogP contribution in [0.4, 0.5) is 19.1 Å². The van der Waals surface area contributed by atoms with E-state index in [-0.39, 0.29) is 23.1 Å². The van der Waals surface area contributed by atoms with Crippen molar-refractivity contribution in [1.82, 2.24) is 29.4 Å². The van der Waals surface area contributed by atoms with E-state index in [1.807, 2.05) is 12.1 Å². The zero-order valence-electron chi connectivity index (χ0n) is 16.3. The Labute approximate surface area is 184 Å². The fourth-order valence-corrected chi connectivity index (χ4v) is 3.43. The summed E-state index contributed by atoms with van der Waals surface area (Å²) in [4.78, 5) is 21.1. The van der Waals surface area contributed by atoms with Gasteiger partial charge in [0, 0.05) is 16.6 Å². The molecule has 1 aliphatic rings. The number of hydrogen-bond donors (Lipinski definition) is 1. The van der Waals surface area contributed by atoms with Crippen LogP contribution in [0.5, 0.6) is 0 Å². The molecule has 32 heavy (non-hydrogen) atoms. The van der Waals surface area contributed by atoms with Crippen LogP contribution in [-0.4, -0.2) is 35.3 Å². The SMILES string of the molecule is O=C(Nc1ncn(Cc2ccc(Cl)cc2)n1)c1cnn2c(C(F)(F)F)cc(C3CC3)nc12. The Morgan fingerprint density at radius 3 is 2.66 bits per heavy atom. The van der Waals surface area contributed by atoms with Gasteiger partial charge in [-0.1, -0.05) is 23.7 Å². The Kier molecular flexibility index (Phi) is 4.85. The second kappa shape index (κ2) is 7.59. The smallest absolute Gasteiger partial charge is 0.289 e. The lowest BCUT2D eigenvalue weighted by molar-refractivity contribution is -0.142. The van der Waals surface area contributed by atoms with Crippen LogP contribution in [0.3, 0.4) is 0 Å². The Morgan fingerprint density at radius 1 is 1.22 bits per heavy atom. The molecule has 0 saturated heterocycles. The standard InChI is InChI=1S/C20H15ClF3N7O/c21-13-5-1-11(2-6-13)9-30-10-25-19(29-30)28-18(32)14-8-26-31-16(20(22,23)24)7-15(12-3-4-12)27-17(14)31/h1-2,5-8,10,12H,3-4,9H2,(H,28,29,32). The number of benzene rings is 1. The molecule has 4 aromatic rings. The van der Waals surface area contributed by atoms with E-state index >= 15 is 0 Å². The lowest BCUT2D eigenvalue weighted by Gasteiger charge is -2.11. The minimum Gasteiger partial charge on any atom is -0.289 e. The zero-order chi connectivity index (χ0) is 22.5. The minimum atomic E-state index is -4.63. The maximum absolute atomic E-state index is 13.5. The van der Waals surface area contributed by atoms with Crippen LogP contribution < -0.4 is 5.32 Å². The first-order valence-corrected chi connectivity index (χ1v) is 10.1. The number of carbonyl (C=O) groups is 1. The number of hydrogen-bond acceptors (Lipinski definition) is 5. The van der Waals surface area contributed by atoms with E-state index in [0.29, 0.717) is 21.8 Å². The van der Waals surface area contributed by atoms with Crippen molar-refractivity contribution in [2.75, 3.05) is 5.32 Å². The number of rotatable bonds is 5. The third-order valence-electron chi connectivity index (χ3n) is 5.04. The molecule has 5 rings (SSSR count). The quantitative estimate of drug-likeness (QED) is 0.481. The van der Waals surface area contributed by atoms with Gasteiger partial charge in [-0.05, 0) is 36.6 Å². The summed E-state index contributed by atoms with van der Waals surface area (Å²) in [5.74, 6) is -0.715. The normalized spacial score (nSPS) is 14.1. The van der Waals surface area contributed by atoms with Crippen molar-refractivity contribution in [3.8, 4) is 0 Å². The Balaban J connectivity index is 1.40. The minimum absolute atomic E-state index is 0.0118. The fraction of sp³-hybridized carbons (Fsp3) is 0.250. The van der Waals surface area contributed by atoms with Crippen molar-refractivity contribution in [3.05, 3.63) is 70.4 Å². The highest BCUT2D eigenvalue weighted by molar-refractivity contribution is 6.30. The van der Waals surface area contributed by atoms with Crippen LogP contribution in [-0.2, 0) is 12.7 Å². The van der Waals surface area contributed by atoms with Gasteiger partial charge in [0.25, 0.3) is 5.91 Å². The van der Waals surface area contributed by atoms with Gasteiger partial charge in [-0.15, -0.1) is 5.10 Å². The first kappa shape index (κ1) is 20.4. The van der Waals surface area contributed by atoms with Crippen molar-refractivity contribution < 1.29 is 18.0 Å². The lowest BCUT2D eigenvalue weighted by Crippen LogP contribution is -2.16. The predicted molar refractivity (Wildman–Crippen MR) is 108 cm³/mol. The fourth-order valence-electron chi connectivity index (χ4n) is 3.31. The molecule has 1 aliphatic carbocycles. The number of anilines is 1. The van der Waals surface area contributed by atoms with Crippen molar-refractivity contribution in [1.29, 1.82) is 0 Å². The van der Waals surface area contributed by atoms with Crippen LogP contribution in [0.1, 0.15) is 46.1 Å². The summed E-state index contributed by atoms with van der Waals surface area (Å²) in [5, 5.41) is 11.0. The summed E-state index contributed by atoms with van der Waals surface area (Å²) in [6.45, 7) is 0.401. The van der Waals surface area contributed by atoms with Crippen LogP contribution in [0.25, 0.3) is 5.65 Å². The molecule has 3 aromatic heterocycles. The highest BCUT2D eigenvalue weighted by Gasteiger charge is 2.38. The van der Waals surface area contributed by atoms with Gasteiger partial charge in [0.2, 0.25) is 5.95 Å². The number of nitrogens with zero attached hydrogens (tertiary/aromatic N) is 6. The summed E-state index contributed by atoms with van der Waals surface area (Å²) >= 11 is 5.87. The van der Waals surface area contributed by atoms with Crippen molar-refractivity contribution >= 4 is 29.1 Å². The van der Waals surface area contributed by atoms with E-state index in [9.17, 15) is 18.0 Å². The predicted octanol–water partition coefficient (Wildman–Crippen LogP) is 4.17. The molecule has 3 heterocycles. The molecule has 8 nitrogen and oxygen atoms in total. The van der Waals surface area contributed by atoms with E-state index in [0.717, 1.165) is 30.7 Å². The molecule has 0 radical (unpaired) electrons. The molecule has 0 atom stereocenters. The van der Waals surface area contributed by atoms with Gasteiger partial charge in [0.15, 0.2) is 5.65 Å². The molecule has 0 unspecified atom stereocenters. The number of carbonyl (C=O) groups excluding carboxylic acids is 1. The Hall–Kier alpha value is -3.47. The van der Waals surface area contributed by atoms with Gasteiger partial charge >= 0.3 is 6.18 Å². The zero-order valence-corrected chi connectivity index (χ0v) is 17.1. The van der Waals surface area contributed by atoms with Gasteiger partial charge in [0.1, 0.15) is 17.6 Å². The number of aromatic nitrogens is 6. The molecule has 1 fully saturated rings. The molecule has 1 N–H and O–H groups in total. The second-order valence-electron chi connectivity index (χ2n) is 7.48. The summed E-state index contributed by atoms with van der Waals surface area (Å²) in [6, 6.07) is 8.17. The topological polar surface area (TPSA) is 90.0 Å². The molecular formula is C20H15ClF3N7O. The van der Waals surface area contributed by atoms with Gasteiger partial charge in [-0.2, -0.15) is 18.3 Å². The van der Waals surface area contributed by atoms with Crippen LogP contribution in [0.2, 0.25) is 5.02 Å². The Morgan fingerprint density at radius 2 is 1.97 bits per heavy atom. The average Bonchev–Trinajstić information content (AvgIpc) is 3.36. The van der Waals surface area contributed by atoms with Gasteiger partial charge in [-0.25, -0.2) is 19.2 Å². The van der Waals surface area contributed by atoms with E-state index < -0.39 is 17.8 Å². The van der Waals surface area contributed by atoms with E-state index in [2.05, 4.69) is 25.5 Å². The number of nitrogens with one attached hydrogen (secondary N) is 1. The van der Waals surface area contributed by atoms with Gasteiger partial charge in [0.05, 0.1) is 12.7 Å². The van der Waals surface area contributed by atoms with Crippen LogP contribution in [0, 0.1) is 0 Å². The van der Waals surface area contributed by atoms with Gasteiger partial charge in [-0.3, -0.25) is 10.1 Å². The molecular weight excluding hydrogens is 447 g/mol. The number of halogens is 4. The molecule has 1 amide bonds. The third-order valence-corrected chi connectivity index (χ3v) is 5.29. The molecule has 164 valence electrons. The van der Waals surface area contributed by atoms with Crippen LogP contribution >= 0.6 is 11.6 Å². The van der Waals surface area contributed by atoms with E-state index in [4.69, 9.17) is 11.6 Å². The van der Waals surface area contributed by atoms with Crippen molar-refractivity contribution in [2.45, 2.75) is 31.5 Å². The molecule has 0 spiro atoms. The second-order valence-corrected chi connectivity index (χ2v) is 7.91. The number of alkyl halides is 3. The third kappa shape index (κ3) is 4.03. The maximum Gasteiger partial charge on any atom is 0.433 e. The van der Waals surface area contributed by atoms with Crippen molar-refractivity contribution in [2.24, 2.45) is 0 Å². The number of fused-ring (bicyclic) bond motifs is 1. The monoisotopic (exact) mass is 461 g/mol. The number of amides is 1. The van der Waals surface area contributed by atoms with Gasteiger partial charge < -0.3 is 0 Å². The summed E-state index contributed by atoms with van der Waals surface area (Å²) in [5.41, 5.74) is 0.0294. The molecule has 1 aromatic carbocycles. The summed E-state index contributed by atoms with van der Waals surface area (Å²) < 4.78 is 42.7. The maximum atomic E-state index is 13.5. The molecule has 12 heteroatoms. The summed E-state index contributed by atoms with van der Waals surface area (Å²) in [7, 11) is 0. The Bertz CT molecular complexity index is 1310. The van der Waals surface area contributed by atoms with E-state index in [1.54, 1.807) is 12.1 Å². The lowest BCUT2D eigenvalue weighted by atomic mass is 10.2. The first-order chi connectivity index (χ1) is 15.3.